The van der Waals surface area contributed by atoms with E-state index in [2.05, 4.69) is 22.0 Å². The lowest BCUT2D eigenvalue weighted by Crippen LogP contribution is -2.54. The number of aliphatic hydroxyl groups is 1. The smallest absolute Gasteiger partial charge is 0.320 e. The lowest BCUT2D eigenvalue weighted by atomic mass is 9.65. The van der Waals surface area contributed by atoms with E-state index in [4.69, 9.17) is 4.74 Å². The Labute approximate surface area is 147 Å². The summed E-state index contributed by atoms with van der Waals surface area (Å²) >= 11 is 0. The number of hydrogen-bond acceptors (Lipinski definition) is 4. The van der Waals surface area contributed by atoms with Crippen LogP contribution in [-0.2, 0) is 21.5 Å². The average molecular weight is 340 g/mol. The molecule has 0 aliphatic carbocycles. The van der Waals surface area contributed by atoms with Gasteiger partial charge in [0.2, 0.25) is 0 Å². The quantitative estimate of drug-likeness (QED) is 0.651. The van der Waals surface area contributed by atoms with Gasteiger partial charge in [-0.3, -0.25) is 9.69 Å². The molecule has 2 N–H and O–H groups in total. The third kappa shape index (κ3) is 2.19. The number of piperidine rings is 1. The van der Waals surface area contributed by atoms with Gasteiger partial charge in [0.05, 0.1) is 13.7 Å². The molecule has 1 saturated heterocycles. The van der Waals surface area contributed by atoms with Crippen LogP contribution in [0, 0.1) is 5.92 Å². The zero-order valence-corrected chi connectivity index (χ0v) is 14.7. The highest BCUT2D eigenvalue weighted by molar-refractivity contribution is 5.91. The third-order valence-corrected chi connectivity index (χ3v) is 5.99. The molecule has 1 unspecified atom stereocenters. The molecule has 0 spiro atoms. The number of aromatic nitrogens is 1. The fraction of sp³-hybridized carbons (Fsp3) is 0.450. The highest BCUT2D eigenvalue weighted by atomic mass is 16.5. The van der Waals surface area contributed by atoms with Crippen LogP contribution in [0.2, 0.25) is 0 Å². The van der Waals surface area contributed by atoms with E-state index in [0.29, 0.717) is 0 Å². The van der Waals surface area contributed by atoms with Gasteiger partial charge in [0.25, 0.3) is 0 Å². The van der Waals surface area contributed by atoms with Crippen LogP contribution in [0.5, 0.6) is 0 Å². The van der Waals surface area contributed by atoms with Crippen molar-refractivity contribution in [3.05, 3.63) is 47.2 Å². The maximum atomic E-state index is 13.0. The molecule has 1 aromatic carbocycles. The molecule has 25 heavy (non-hydrogen) atoms. The number of benzene rings is 1. The maximum Gasteiger partial charge on any atom is 0.320 e. The van der Waals surface area contributed by atoms with Gasteiger partial charge in [-0.2, -0.15) is 0 Å². The van der Waals surface area contributed by atoms with E-state index >= 15 is 0 Å². The number of H-pyrrole nitrogens is 1. The summed E-state index contributed by atoms with van der Waals surface area (Å²) in [6, 6.07) is 8.10. The van der Waals surface area contributed by atoms with Gasteiger partial charge < -0.3 is 14.8 Å². The first-order valence-corrected chi connectivity index (χ1v) is 8.82. The molecule has 3 atom stereocenters. The van der Waals surface area contributed by atoms with Gasteiger partial charge in [0.15, 0.2) is 0 Å². The average Bonchev–Trinajstić information content (AvgIpc) is 2.99. The van der Waals surface area contributed by atoms with Crippen LogP contribution in [0.15, 0.2) is 35.9 Å². The van der Waals surface area contributed by atoms with Gasteiger partial charge in [-0.05, 0) is 31.5 Å². The Bertz CT molecular complexity index is 854. The summed E-state index contributed by atoms with van der Waals surface area (Å²) < 4.78 is 5.22. The molecule has 5 nitrogen and oxygen atoms in total. The van der Waals surface area contributed by atoms with Crippen LogP contribution >= 0.6 is 0 Å². The molecule has 3 aliphatic rings. The number of aliphatic hydroxyl groups excluding tert-OH is 1. The molecular weight excluding hydrogens is 316 g/mol. The number of rotatable bonds is 2. The van der Waals surface area contributed by atoms with Crippen molar-refractivity contribution in [2.45, 2.75) is 25.3 Å². The monoisotopic (exact) mass is 340 g/mol. The van der Waals surface area contributed by atoms with E-state index in [-0.39, 0.29) is 18.5 Å². The zero-order valence-electron chi connectivity index (χ0n) is 14.7. The minimum absolute atomic E-state index is 0.0571. The van der Waals surface area contributed by atoms with E-state index < -0.39 is 5.41 Å². The van der Waals surface area contributed by atoms with Gasteiger partial charge in [0.1, 0.15) is 5.41 Å². The van der Waals surface area contributed by atoms with Gasteiger partial charge in [-0.1, -0.05) is 29.8 Å². The maximum absolute atomic E-state index is 13.0. The largest absolute Gasteiger partial charge is 0.468 e. The SMILES string of the molecule is CC=C1CN2CC[C@@H]1[C@](CO)(C(=O)OC)c1[nH]c3ccccc3c1C2. The number of aromatic amines is 1. The molecule has 4 heterocycles. The highest BCUT2D eigenvalue weighted by Crippen LogP contribution is 2.47. The summed E-state index contributed by atoms with van der Waals surface area (Å²) in [6.07, 6.45) is 2.93. The van der Waals surface area contributed by atoms with Crippen molar-refractivity contribution < 1.29 is 14.6 Å². The predicted molar refractivity (Wildman–Crippen MR) is 96.2 cm³/mol. The Morgan fingerprint density at radius 2 is 2.24 bits per heavy atom. The van der Waals surface area contributed by atoms with Crippen molar-refractivity contribution in [2.24, 2.45) is 5.92 Å². The molecule has 0 radical (unpaired) electrons. The number of esters is 1. The number of nitrogens with one attached hydrogen (secondary N) is 1. The number of methoxy groups -OCH3 is 1. The molecule has 5 heteroatoms. The van der Waals surface area contributed by atoms with Crippen molar-refractivity contribution in [2.75, 3.05) is 26.8 Å². The number of allylic oxidation sites excluding steroid dienone is 1. The first-order chi connectivity index (χ1) is 12.2. The van der Waals surface area contributed by atoms with Gasteiger partial charge in [0, 0.05) is 35.6 Å². The van der Waals surface area contributed by atoms with Gasteiger partial charge >= 0.3 is 5.97 Å². The van der Waals surface area contributed by atoms with Crippen LogP contribution in [0.25, 0.3) is 10.9 Å². The van der Waals surface area contributed by atoms with Crippen molar-refractivity contribution in [1.29, 1.82) is 0 Å². The summed E-state index contributed by atoms with van der Waals surface area (Å²) in [5.74, 6) is -0.416. The molecule has 132 valence electrons. The summed E-state index contributed by atoms with van der Waals surface area (Å²) in [5, 5.41) is 11.6. The second kappa shape index (κ2) is 6.00. The number of nitrogens with zero attached hydrogens (tertiary/aromatic N) is 1. The number of hydrogen-bond donors (Lipinski definition) is 2. The predicted octanol–water partition coefficient (Wildman–Crippen LogP) is 2.35. The van der Waals surface area contributed by atoms with Gasteiger partial charge in [-0.25, -0.2) is 0 Å². The third-order valence-electron chi connectivity index (χ3n) is 5.99. The molecule has 2 bridgehead atoms. The van der Waals surface area contributed by atoms with Crippen LogP contribution in [-0.4, -0.2) is 47.8 Å². The van der Waals surface area contributed by atoms with E-state index in [0.717, 1.165) is 48.2 Å². The molecule has 3 aliphatic heterocycles. The second-order valence-corrected chi connectivity index (χ2v) is 7.06. The van der Waals surface area contributed by atoms with Crippen molar-refractivity contribution in [3.63, 3.8) is 0 Å². The molecule has 5 rings (SSSR count). The second-order valence-electron chi connectivity index (χ2n) is 7.06. The number of ether oxygens (including phenoxy) is 1. The fourth-order valence-corrected chi connectivity index (χ4v) is 4.76. The highest BCUT2D eigenvalue weighted by Gasteiger charge is 2.54. The van der Waals surface area contributed by atoms with E-state index in [1.165, 1.54) is 12.7 Å². The summed E-state index contributed by atoms with van der Waals surface area (Å²) in [4.78, 5) is 18.9. The Hall–Kier alpha value is -2.11. The topological polar surface area (TPSA) is 65.6 Å². The lowest BCUT2D eigenvalue weighted by molar-refractivity contribution is -0.152. The standard InChI is InChI=1S/C20H24N2O3/c1-3-13-10-22-9-8-16(13)20(12-23,19(24)25-2)18-15(11-22)14-6-4-5-7-17(14)21-18/h3-7,16,21,23H,8-12H2,1-2H3/t16-,20-/m0/s1. The fourth-order valence-electron chi connectivity index (χ4n) is 4.76. The molecular formula is C20H24N2O3. The van der Waals surface area contributed by atoms with Crippen LogP contribution in [0.4, 0.5) is 0 Å². The lowest BCUT2D eigenvalue weighted by Gasteiger charge is -2.46. The molecule has 1 fully saturated rings. The number of carbonyl (C=O) groups is 1. The van der Waals surface area contributed by atoms with Crippen LogP contribution in [0.3, 0.4) is 0 Å². The van der Waals surface area contributed by atoms with Gasteiger partial charge in [-0.15, -0.1) is 0 Å². The minimum Gasteiger partial charge on any atom is -0.468 e. The van der Waals surface area contributed by atoms with Crippen LogP contribution in [0.1, 0.15) is 24.6 Å². The van der Waals surface area contributed by atoms with Crippen molar-refractivity contribution in [3.8, 4) is 0 Å². The van der Waals surface area contributed by atoms with Crippen LogP contribution < -0.4 is 0 Å². The first-order valence-electron chi connectivity index (χ1n) is 8.82. The summed E-state index contributed by atoms with van der Waals surface area (Å²) in [5.41, 5.74) is 3.05. The van der Waals surface area contributed by atoms with E-state index in [9.17, 15) is 9.90 Å². The summed E-state index contributed by atoms with van der Waals surface area (Å²) in [6.45, 7) is 4.27. The van der Waals surface area contributed by atoms with Crippen molar-refractivity contribution in [1.82, 2.24) is 9.88 Å². The Balaban J connectivity index is 2.06. The molecule has 2 aromatic rings. The Morgan fingerprint density at radius 3 is 2.96 bits per heavy atom. The Morgan fingerprint density at radius 1 is 1.44 bits per heavy atom. The molecule has 0 amide bonds. The normalized spacial score (nSPS) is 30.1. The van der Waals surface area contributed by atoms with Crippen molar-refractivity contribution >= 4 is 16.9 Å². The number of para-hydroxylation sites is 1. The Kier molecular flexibility index (Phi) is 3.93. The first kappa shape index (κ1) is 16.4. The number of fused-ring (bicyclic) bond motifs is 3. The minimum atomic E-state index is -1.07. The number of carbonyl (C=O) groups excluding carboxylic acids is 1. The zero-order chi connectivity index (χ0) is 17.6. The molecule has 0 saturated carbocycles. The van der Waals surface area contributed by atoms with E-state index in [1.807, 2.05) is 25.1 Å². The summed E-state index contributed by atoms with van der Waals surface area (Å²) in [7, 11) is 1.41. The van der Waals surface area contributed by atoms with E-state index in [1.54, 1.807) is 0 Å². The molecule has 1 aromatic heterocycles.